The number of thiazole rings is 1. The number of carbonyl (C=O) groups excluding carboxylic acids is 1. The molecule has 162 valence electrons. The lowest BCUT2D eigenvalue weighted by atomic mass is 10.2. The van der Waals surface area contributed by atoms with Gasteiger partial charge in [-0.25, -0.2) is 15.0 Å². The van der Waals surface area contributed by atoms with Crippen LogP contribution in [0.1, 0.15) is 12.6 Å². The summed E-state index contributed by atoms with van der Waals surface area (Å²) in [5, 5.41) is 7.64. The van der Waals surface area contributed by atoms with Crippen LogP contribution in [0.25, 0.3) is 10.6 Å². The zero-order chi connectivity index (χ0) is 22.0. The number of nitrogens with one attached hydrogen (secondary N) is 2. The molecule has 31 heavy (non-hydrogen) atoms. The molecule has 0 unspecified atom stereocenters. The molecule has 10 heteroatoms. The van der Waals surface area contributed by atoms with Crippen molar-refractivity contribution in [2.75, 3.05) is 48.8 Å². The second kappa shape index (κ2) is 9.07. The van der Waals surface area contributed by atoms with Gasteiger partial charge < -0.3 is 20.4 Å². The first-order valence-electron chi connectivity index (χ1n) is 10.00. The van der Waals surface area contributed by atoms with Crippen molar-refractivity contribution in [2.45, 2.75) is 13.8 Å². The van der Waals surface area contributed by atoms with Crippen LogP contribution in [0.2, 0.25) is 5.02 Å². The molecule has 1 fully saturated rings. The molecule has 0 atom stereocenters. The Labute approximate surface area is 190 Å². The first kappa shape index (κ1) is 21.3. The first-order chi connectivity index (χ1) is 14.9. The van der Waals surface area contributed by atoms with Gasteiger partial charge in [-0.3, -0.25) is 4.79 Å². The maximum atomic E-state index is 11.6. The number of aryl methyl sites for hydroxylation is 1. The van der Waals surface area contributed by atoms with Crippen LogP contribution in [0, 0.1) is 6.92 Å². The fraction of sp³-hybridized carbons (Fsp3) is 0.333. The molecule has 4 rings (SSSR count). The summed E-state index contributed by atoms with van der Waals surface area (Å²) in [6, 6.07) is 8.11. The van der Waals surface area contributed by atoms with Crippen LogP contribution in [0.5, 0.6) is 0 Å². The van der Waals surface area contributed by atoms with E-state index >= 15 is 0 Å². The van der Waals surface area contributed by atoms with E-state index in [1.165, 1.54) is 11.3 Å². The van der Waals surface area contributed by atoms with E-state index in [9.17, 15) is 4.79 Å². The van der Waals surface area contributed by atoms with Crippen LogP contribution in [0.15, 0.2) is 30.5 Å². The van der Waals surface area contributed by atoms with Crippen molar-refractivity contribution in [1.29, 1.82) is 0 Å². The molecule has 1 aromatic carbocycles. The number of hydrogen-bond acceptors (Lipinski definition) is 8. The minimum atomic E-state index is 0.128. The summed E-state index contributed by atoms with van der Waals surface area (Å²) in [6.07, 6.45) is 1.61. The van der Waals surface area contributed by atoms with Crippen LogP contribution in [-0.4, -0.2) is 59.0 Å². The molecule has 0 aliphatic carbocycles. The molecule has 1 saturated heterocycles. The van der Waals surface area contributed by atoms with Gasteiger partial charge in [0, 0.05) is 51.5 Å². The Kier molecular flexibility index (Phi) is 6.24. The average molecular weight is 458 g/mol. The van der Waals surface area contributed by atoms with Crippen molar-refractivity contribution in [3.63, 3.8) is 0 Å². The summed E-state index contributed by atoms with van der Waals surface area (Å²) in [6.45, 7) is 6.65. The molecule has 0 radical (unpaired) electrons. The predicted octanol–water partition coefficient (Wildman–Crippen LogP) is 4.02. The van der Waals surface area contributed by atoms with Gasteiger partial charge in [0.05, 0.1) is 21.8 Å². The lowest BCUT2D eigenvalue weighted by Crippen LogP contribution is -2.48. The minimum absolute atomic E-state index is 0.128. The smallest absolute Gasteiger partial charge is 0.227 e. The van der Waals surface area contributed by atoms with Gasteiger partial charge in [0.2, 0.25) is 11.9 Å². The van der Waals surface area contributed by atoms with E-state index in [1.54, 1.807) is 13.1 Å². The molecule has 1 amide bonds. The van der Waals surface area contributed by atoms with Crippen LogP contribution >= 0.6 is 22.9 Å². The number of hydrogen-bond donors (Lipinski definition) is 2. The summed E-state index contributed by atoms with van der Waals surface area (Å²) < 4.78 is 0. The number of aromatic nitrogens is 3. The maximum Gasteiger partial charge on any atom is 0.227 e. The Bertz CT molecular complexity index is 1100. The number of nitrogens with zero attached hydrogens (tertiary/aromatic N) is 5. The molecule has 1 aliphatic heterocycles. The summed E-state index contributed by atoms with van der Waals surface area (Å²) in [7, 11) is 1.84. The Morgan fingerprint density at radius 2 is 1.97 bits per heavy atom. The Hall–Kier alpha value is -2.91. The zero-order valence-corrected chi connectivity index (χ0v) is 19.2. The van der Waals surface area contributed by atoms with E-state index in [-0.39, 0.29) is 5.91 Å². The third-order valence-electron chi connectivity index (χ3n) is 5.16. The first-order valence-corrected chi connectivity index (χ1v) is 11.2. The van der Waals surface area contributed by atoms with Crippen LogP contribution < -0.4 is 15.5 Å². The normalized spacial score (nSPS) is 13.9. The molecule has 0 spiro atoms. The van der Waals surface area contributed by atoms with E-state index in [2.05, 4.69) is 42.6 Å². The van der Waals surface area contributed by atoms with E-state index in [4.69, 9.17) is 11.6 Å². The molecule has 1 aliphatic rings. The Morgan fingerprint density at radius 1 is 1.19 bits per heavy atom. The second-order valence-corrected chi connectivity index (χ2v) is 8.65. The molecule has 0 bridgehead atoms. The standard InChI is InChI=1S/C21H24ClN7OS/c1-13-19(31-21(23-3)25-13)18-17(22)12-24-20(27-18)26-15-5-4-6-16(11-15)29-9-7-28(8-10-29)14(2)30/h4-6,11-12H,7-10H2,1-3H3,(H,23,25)(H,24,26,27). The highest BCUT2D eigenvalue weighted by molar-refractivity contribution is 7.19. The van der Waals surface area contributed by atoms with Gasteiger partial charge in [0.1, 0.15) is 5.69 Å². The zero-order valence-electron chi connectivity index (χ0n) is 17.6. The molecule has 2 N–H and O–H groups in total. The van der Waals surface area contributed by atoms with Crippen LogP contribution in [-0.2, 0) is 4.79 Å². The largest absolute Gasteiger partial charge is 0.368 e. The van der Waals surface area contributed by atoms with Gasteiger partial charge in [0.15, 0.2) is 5.13 Å². The molecule has 2 aromatic heterocycles. The highest BCUT2D eigenvalue weighted by Crippen LogP contribution is 2.36. The van der Waals surface area contributed by atoms with Crippen molar-refractivity contribution in [1.82, 2.24) is 19.9 Å². The molecule has 0 saturated carbocycles. The third-order valence-corrected chi connectivity index (χ3v) is 6.62. The summed E-state index contributed by atoms with van der Waals surface area (Å²) in [5.41, 5.74) is 3.51. The lowest BCUT2D eigenvalue weighted by molar-refractivity contribution is -0.129. The van der Waals surface area contributed by atoms with Crippen molar-refractivity contribution in [3.8, 4) is 10.6 Å². The molecule has 3 heterocycles. The van der Waals surface area contributed by atoms with E-state index < -0.39 is 0 Å². The maximum absolute atomic E-state index is 11.6. The number of halogens is 1. The van der Waals surface area contributed by atoms with Gasteiger partial charge >= 0.3 is 0 Å². The van der Waals surface area contributed by atoms with Crippen molar-refractivity contribution < 1.29 is 4.79 Å². The van der Waals surface area contributed by atoms with Gasteiger partial charge in [-0.1, -0.05) is 29.0 Å². The monoisotopic (exact) mass is 457 g/mol. The van der Waals surface area contributed by atoms with Crippen molar-refractivity contribution in [3.05, 3.63) is 41.2 Å². The number of benzene rings is 1. The van der Waals surface area contributed by atoms with Gasteiger partial charge in [-0.15, -0.1) is 0 Å². The van der Waals surface area contributed by atoms with E-state index in [0.29, 0.717) is 16.7 Å². The van der Waals surface area contributed by atoms with Gasteiger partial charge in [-0.05, 0) is 25.1 Å². The van der Waals surface area contributed by atoms with E-state index in [0.717, 1.165) is 53.3 Å². The third kappa shape index (κ3) is 4.72. The highest BCUT2D eigenvalue weighted by Gasteiger charge is 2.19. The molecule has 3 aromatic rings. The predicted molar refractivity (Wildman–Crippen MR) is 127 cm³/mol. The second-order valence-electron chi connectivity index (χ2n) is 7.24. The summed E-state index contributed by atoms with van der Waals surface area (Å²) in [4.78, 5) is 30.1. The molecular formula is C21H24ClN7OS. The highest BCUT2D eigenvalue weighted by atomic mass is 35.5. The molecule has 8 nitrogen and oxygen atoms in total. The fourth-order valence-electron chi connectivity index (χ4n) is 3.50. The van der Waals surface area contributed by atoms with Crippen molar-refractivity contribution in [2.24, 2.45) is 0 Å². The lowest BCUT2D eigenvalue weighted by Gasteiger charge is -2.35. The fourth-order valence-corrected chi connectivity index (χ4v) is 4.66. The SMILES string of the molecule is CNc1nc(C)c(-c2nc(Nc3cccc(N4CCN(C(C)=O)CC4)c3)ncc2Cl)s1. The molecular weight excluding hydrogens is 434 g/mol. The topological polar surface area (TPSA) is 86.3 Å². The number of anilines is 4. The van der Waals surface area contributed by atoms with Crippen molar-refractivity contribution >= 4 is 51.3 Å². The van der Waals surface area contributed by atoms with Crippen LogP contribution in [0.3, 0.4) is 0 Å². The number of amides is 1. The number of carbonyl (C=O) groups is 1. The summed E-state index contributed by atoms with van der Waals surface area (Å²) >= 11 is 7.90. The quantitative estimate of drug-likeness (QED) is 0.598. The Balaban J connectivity index is 1.53. The van der Waals surface area contributed by atoms with Gasteiger partial charge in [0.25, 0.3) is 0 Å². The number of piperazine rings is 1. The number of rotatable bonds is 5. The average Bonchev–Trinajstić information content (AvgIpc) is 3.16. The van der Waals surface area contributed by atoms with E-state index in [1.807, 2.05) is 31.0 Å². The van der Waals surface area contributed by atoms with Crippen LogP contribution in [0.4, 0.5) is 22.5 Å². The summed E-state index contributed by atoms with van der Waals surface area (Å²) in [5.74, 6) is 0.598. The Morgan fingerprint density at radius 3 is 2.65 bits per heavy atom. The minimum Gasteiger partial charge on any atom is -0.368 e. The van der Waals surface area contributed by atoms with Gasteiger partial charge in [-0.2, -0.15) is 0 Å².